The maximum Gasteiger partial charge on any atom is 0.179 e. The van der Waals surface area contributed by atoms with Crippen molar-refractivity contribution < 1.29 is 4.12 Å². The predicted octanol–water partition coefficient (Wildman–Crippen LogP) is 1.08. The van der Waals surface area contributed by atoms with E-state index < -0.39 is 18.8 Å². The summed E-state index contributed by atoms with van der Waals surface area (Å²) in [5, 5.41) is 1.37. The third-order valence-electron chi connectivity index (χ3n) is 1.58. The van der Waals surface area contributed by atoms with Crippen molar-refractivity contribution in [3.8, 4) is 0 Å². The molecule has 0 amide bonds. The molecule has 0 aromatic heterocycles. The first kappa shape index (κ1) is 8.71. The van der Waals surface area contributed by atoms with E-state index >= 15 is 0 Å². The van der Waals surface area contributed by atoms with Gasteiger partial charge in [0.1, 0.15) is 0 Å². The van der Waals surface area contributed by atoms with Crippen LogP contribution in [0.25, 0.3) is 0 Å². The number of rotatable bonds is 3. The summed E-state index contributed by atoms with van der Waals surface area (Å²) in [5.41, 5.74) is 1.16. The molecular weight excluding hydrogens is 168 g/mol. The van der Waals surface area contributed by atoms with Gasteiger partial charge in [0, 0.05) is 0 Å². The summed E-state index contributed by atoms with van der Waals surface area (Å²) in [6.45, 7) is 8.34. The molecule has 0 unspecified atom stereocenters. The average molecular weight is 182 g/mol. The normalized spacial score (nSPS) is 17.4. The molecule has 0 aromatic carbocycles. The molecule has 0 atom stereocenters. The monoisotopic (exact) mass is 182 g/mol. The molecule has 1 nitrogen and oxygen atoms in total. The second-order valence-electron chi connectivity index (χ2n) is 2.94. The Labute approximate surface area is 72.1 Å². The van der Waals surface area contributed by atoms with E-state index in [0.717, 1.165) is 5.57 Å². The standard InChI is InChI=1S/C8H14OSi2/c1-7-5-4-6-8(7)10-9-11(2)3/h4-6,11H,1,10H2,2-3H3. The average Bonchev–Trinajstić information content (AvgIpc) is 2.31. The smallest absolute Gasteiger partial charge is 0.179 e. The van der Waals surface area contributed by atoms with Crippen molar-refractivity contribution >= 4 is 18.8 Å². The summed E-state index contributed by atoms with van der Waals surface area (Å²) >= 11 is 0. The van der Waals surface area contributed by atoms with Crippen LogP contribution in [0.4, 0.5) is 0 Å². The van der Waals surface area contributed by atoms with Gasteiger partial charge in [-0.1, -0.05) is 24.8 Å². The van der Waals surface area contributed by atoms with Crippen molar-refractivity contribution in [3.05, 3.63) is 35.6 Å². The van der Waals surface area contributed by atoms with Gasteiger partial charge in [0.25, 0.3) is 0 Å². The van der Waals surface area contributed by atoms with Crippen molar-refractivity contribution in [3.63, 3.8) is 0 Å². The zero-order chi connectivity index (χ0) is 8.27. The predicted molar refractivity (Wildman–Crippen MR) is 54.9 cm³/mol. The van der Waals surface area contributed by atoms with Gasteiger partial charge in [0.2, 0.25) is 0 Å². The molecule has 3 heteroatoms. The van der Waals surface area contributed by atoms with Crippen LogP contribution in [-0.2, 0) is 4.12 Å². The Hall–Kier alpha value is -0.386. The van der Waals surface area contributed by atoms with Gasteiger partial charge in [-0.15, -0.1) is 0 Å². The summed E-state index contributed by atoms with van der Waals surface area (Å²) in [5.74, 6) is 0. The molecule has 0 bridgehead atoms. The highest BCUT2D eigenvalue weighted by atomic mass is 28.3. The lowest BCUT2D eigenvalue weighted by Gasteiger charge is -2.07. The summed E-state index contributed by atoms with van der Waals surface area (Å²) in [6.07, 6.45) is 6.23. The summed E-state index contributed by atoms with van der Waals surface area (Å²) in [6, 6.07) is 0. The van der Waals surface area contributed by atoms with Crippen LogP contribution in [0.5, 0.6) is 0 Å². The zero-order valence-corrected chi connectivity index (χ0v) is 9.70. The Morgan fingerprint density at radius 1 is 1.55 bits per heavy atom. The fourth-order valence-electron chi connectivity index (χ4n) is 0.892. The summed E-state index contributed by atoms with van der Waals surface area (Å²) in [4.78, 5) is 0. The minimum absolute atomic E-state index is 0.446. The molecule has 0 saturated carbocycles. The number of allylic oxidation sites excluding steroid dienone is 5. The topological polar surface area (TPSA) is 9.23 Å². The third-order valence-corrected chi connectivity index (χ3v) is 5.91. The Bertz CT molecular complexity index is 216. The molecule has 0 saturated heterocycles. The molecule has 0 radical (unpaired) electrons. The van der Waals surface area contributed by atoms with E-state index in [1.807, 2.05) is 6.08 Å². The molecule has 0 N–H and O–H groups in total. The highest BCUT2D eigenvalue weighted by Gasteiger charge is 2.05. The molecule has 0 aliphatic heterocycles. The molecule has 1 aliphatic rings. The van der Waals surface area contributed by atoms with Crippen LogP contribution in [0.1, 0.15) is 0 Å². The van der Waals surface area contributed by atoms with Crippen LogP contribution >= 0.6 is 0 Å². The van der Waals surface area contributed by atoms with Crippen molar-refractivity contribution in [1.29, 1.82) is 0 Å². The zero-order valence-electron chi connectivity index (χ0n) is 7.13. The maximum atomic E-state index is 5.70. The van der Waals surface area contributed by atoms with Crippen molar-refractivity contribution in [2.24, 2.45) is 0 Å². The van der Waals surface area contributed by atoms with Crippen molar-refractivity contribution in [2.45, 2.75) is 13.1 Å². The van der Waals surface area contributed by atoms with Crippen LogP contribution in [0.15, 0.2) is 35.6 Å². The van der Waals surface area contributed by atoms with Crippen LogP contribution in [0, 0.1) is 0 Å². The molecule has 1 rings (SSSR count). The first-order valence-electron chi connectivity index (χ1n) is 3.88. The molecule has 0 spiro atoms. The highest BCUT2D eigenvalue weighted by Crippen LogP contribution is 2.14. The lowest BCUT2D eigenvalue weighted by atomic mass is 10.3. The van der Waals surface area contributed by atoms with E-state index in [1.54, 1.807) is 0 Å². The van der Waals surface area contributed by atoms with Gasteiger partial charge in [0.05, 0.1) is 0 Å². The van der Waals surface area contributed by atoms with E-state index in [2.05, 4.69) is 31.8 Å². The fourth-order valence-corrected chi connectivity index (χ4v) is 3.48. The maximum absolute atomic E-state index is 5.70. The van der Waals surface area contributed by atoms with Gasteiger partial charge in [-0.05, 0) is 23.9 Å². The second kappa shape index (κ2) is 3.85. The van der Waals surface area contributed by atoms with E-state index in [9.17, 15) is 0 Å². The third kappa shape index (κ3) is 2.61. The molecular formula is C8H14OSi2. The van der Waals surface area contributed by atoms with Gasteiger partial charge in [-0.2, -0.15) is 0 Å². The SMILES string of the molecule is C=C1C=CC=C1[SiH2]O[SiH](C)C. The van der Waals surface area contributed by atoms with Gasteiger partial charge in [-0.25, -0.2) is 0 Å². The first-order chi connectivity index (χ1) is 5.20. The van der Waals surface area contributed by atoms with E-state index in [-0.39, 0.29) is 0 Å². The molecule has 11 heavy (non-hydrogen) atoms. The highest BCUT2D eigenvalue weighted by molar-refractivity contribution is 6.59. The van der Waals surface area contributed by atoms with Crippen LogP contribution in [0.3, 0.4) is 0 Å². The molecule has 0 aromatic rings. The van der Waals surface area contributed by atoms with Gasteiger partial charge >= 0.3 is 0 Å². The number of hydrogen-bond donors (Lipinski definition) is 0. The fraction of sp³-hybridized carbons (Fsp3) is 0.250. The van der Waals surface area contributed by atoms with E-state index in [4.69, 9.17) is 4.12 Å². The minimum atomic E-state index is -0.802. The number of hydrogen-bond acceptors (Lipinski definition) is 1. The van der Waals surface area contributed by atoms with Crippen LogP contribution < -0.4 is 0 Å². The molecule has 0 fully saturated rings. The Kier molecular flexibility index (Phi) is 3.05. The van der Waals surface area contributed by atoms with Gasteiger partial charge in [-0.3, -0.25) is 0 Å². The Morgan fingerprint density at radius 2 is 2.27 bits per heavy atom. The first-order valence-corrected chi connectivity index (χ1v) is 7.95. The van der Waals surface area contributed by atoms with Crippen LogP contribution in [0.2, 0.25) is 13.1 Å². The second-order valence-corrected chi connectivity index (χ2v) is 7.42. The summed E-state index contributed by atoms with van der Waals surface area (Å²) in [7, 11) is -1.25. The molecule has 1 aliphatic carbocycles. The van der Waals surface area contributed by atoms with Crippen LogP contribution in [-0.4, -0.2) is 18.8 Å². The van der Waals surface area contributed by atoms with Gasteiger partial charge in [0.15, 0.2) is 18.8 Å². The van der Waals surface area contributed by atoms with Crippen molar-refractivity contribution in [2.75, 3.05) is 0 Å². The van der Waals surface area contributed by atoms with Crippen molar-refractivity contribution in [1.82, 2.24) is 0 Å². The quantitative estimate of drug-likeness (QED) is 0.594. The largest absolute Gasteiger partial charge is 0.459 e. The lowest BCUT2D eigenvalue weighted by Crippen LogP contribution is -2.13. The minimum Gasteiger partial charge on any atom is -0.459 e. The molecule has 60 valence electrons. The van der Waals surface area contributed by atoms with E-state index in [0.29, 0.717) is 0 Å². The Balaban J connectivity index is 2.34. The Morgan fingerprint density at radius 3 is 2.73 bits per heavy atom. The van der Waals surface area contributed by atoms with Gasteiger partial charge < -0.3 is 4.12 Å². The molecule has 0 heterocycles. The summed E-state index contributed by atoms with van der Waals surface area (Å²) < 4.78 is 5.70. The van der Waals surface area contributed by atoms with E-state index in [1.165, 1.54) is 5.20 Å². The lowest BCUT2D eigenvalue weighted by molar-refractivity contribution is 0.631.